The van der Waals surface area contributed by atoms with E-state index in [2.05, 4.69) is 0 Å². The molecule has 0 unspecified atom stereocenters. The highest BCUT2D eigenvalue weighted by Crippen LogP contribution is 2.26. The fourth-order valence-electron chi connectivity index (χ4n) is 1.55. The summed E-state index contributed by atoms with van der Waals surface area (Å²) >= 11 is 0. The first-order valence-electron chi connectivity index (χ1n) is 4.55. The van der Waals surface area contributed by atoms with Gasteiger partial charge in [-0.2, -0.15) is 0 Å². The molecule has 1 aromatic rings. The van der Waals surface area contributed by atoms with Gasteiger partial charge in [-0.25, -0.2) is 27.1 Å². The van der Waals surface area contributed by atoms with Crippen LogP contribution in [0.1, 0.15) is 11.1 Å². The van der Waals surface area contributed by atoms with Gasteiger partial charge in [-0.15, -0.1) is 0 Å². The second kappa shape index (κ2) is 4.91. The topological polar surface area (TPSA) is 161 Å². The number of aliphatic hydroxyl groups excluding tert-OH is 2. The van der Waals surface area contributed by atoms with Crippen molar-refractivity contribution < 1.29 is 27.0 Å². The van der Waals surface area contributed by atoms with Crippen molar-refractivity contribution in [2.45, 2.75) is 23.0 Å². The third-order valence-electron chi connectivity index (χ3n) is 2.22. The number of hydrogen-bond acceptors (Lipinski definition) is 6. The first kappa shape index (κ1) is 15.0. The molecule has 0 aliphatic rings. The fraction of sp³-hybridized carbons (Fsp3) is 0.250. The van der Waals surface area contributed by atoms with Gasteiger partial charge in [-0.3, -0.25) is 0 Å². The second-order valence-corrected chi connectivity index (χ2v) is 6.46. The Bertz CT molecular complexity index is 665. The molecule has 0 amide bonds. The van der Waals surface area contributed by atoms with E-state index in [-0.39, 0.29) is 5.56 Å². The van der Waals surface area contributed by atoms with E-state index in [1.54, 1.807) is 0 Å². The maximum Gasteiger partial charge on any atom is 0.238 e. The molecule has 0 atom stereocenters. The molecule has 102 valence electrons. The Hall–Kier alpha value is -1.04. The molecular weight excluding hydrogens is 284 g/mol. The Balaban J connectivity index is 3.87. The van der Waals surface area contributed by atoms with Gasteiger partial charge >= 0.3 is 0 Å². The molecule has 0 saturated heterocycles. The van der Waals surface area contributed by atoms with Gasteiger partial charge in [0.05, 0.1) is 23.0 Å². The van der Waals surface area contributed by atoms with Gasteiger partial charge in [0.15, 0.2) is 0 Å². The summed E-state index contributed by atoms with van der Waals surface area (Å²) in [5, 5.41) is 28.0. The van der Waals surface area contributed by atoms with Gasteiger partial charge in [-0.1, -0.05) is 6.07 Å². The zero-order chi connectivity index (χ0) is 14.1. The van der Waals surface area contributed by atoms with Crippen LogP contribution in [0.5, 0.6) is 0 Å². The molecule has 0 heterocycles. The fourth-order valence-corrected chi connectivity index (χ4v) is 3.40. The molecule has 0 fully saturated rings. The average molecular weight is 296 g/mol. The third kappa shape index (κ3) is 2.85. The lowest BCUT2D eigenvalue weighted by Gasteiger charge is -2.13. The second-order valence-electron chi connectivity index (χ2n) is 3.44. The number of sulfonamides is 2. The summed E-state index contributed by atoms with van der Waals surface area (Å²) < 4.78 is 45.3. The van der Waals surface area contributed by atoms with Gasteiger partial charge in [0.1, 0.15) is 0 Å². The maximum atomic E-state index is 11.4. The molecule has 1 aromatic carbocycles. The van der Waals surface area contributed by atoms with Gasteiger partial charge in [0.25, 0.3) is 0 Å². The summed E-state index contributed by atoms with van der Waals surface area (Å²) in [6.45, 7) is -1.57. The third-order valence-corrected chi connectivity index (χ3v) is 4.29. The highest BCUT2D eigenvalue weighted by Gasteiger charge is 2.25. The molecule has 0 spiro atoms. The van der Waals surface area contributed by atoms with Crippen molar-refractivity contribution in [1.29, 1.82) is 0 Å². The first-order chi connectivity index (χ1) is 8.12. The van der Waals surface area contributed by atoms with Crippen LogP contribution >= 0.6 is 0 Å². The summed E-state index contributed by atoms with van der Waals surface area (Å²) in [6, 6.07) is 2.07. The molecule has 0 aromatic heterocycles. The highest BCUT2D eigenvalue weighted by molar-refractivity contribution is 7.90. The molecular formula is C8H12N2O6S2. The number of hydrogen-bond donors (Lipinski definition) is 4. The normalized spacial score (nSPS) is 12.7. The van der Waals surface area contributed by atoms with Gasteiger partial charge in [-0.05, 0) is 11.6 Å². The largest absolute Gasteiger partial charge is 0.392 e. The Kier molecular flexibility index (Phi) is 4.10. The minimum Gasteiger partial charge on any atom is -0.392 e. The lowest BCUT2D eigenvalue weighted by atomic mass is 10.1. The van der Waals surface area contributed by atoms with Gasteiger partial charge in [0.2, 0.25) is 20.0 Å². The quantitative estimate of drug-likeness (QED) is 0.500. The van der Waals surface area contributed by atoms with Crippen LogP contribution in [-0.4, -0.2) is 27.0 Å². The van der Waals surface area contributed by atoms with E-state index < -0.39 is 48.6 Å². The van der Waals surface area contributed by atoms with Crippen molar-refractivity contribution in [2.24, 2.45) is 10.3 Å². The zero-order valence-corrected chi connectivity index (χ0v) is 10.7. The van der Waals surface area contributed by atoms with Crippen LogP contribution in [0.2, 0.25) is 0 Å². The van der Waals surface area contributed by atoms with Crippen LogP contribution < -0.4 is 10.3 Å². The van der Waals surface area contributed by atoms with Crippen molar-refractivity contribution in [3.05, 3.63) is 23.3 Å². The van der Waals surface area contributed by atoms with Crippen molar-refractivity contribution in [3.63, 3.8) is 0 Å². The summed E-state index contributed by atoms with van der Waals surface area (Å²) in [6.07, 6.45) is 0. The first-order valence-corrected chi connectivity index (χ1v) is 7.64. The lowest BCUT2D eigenvalue weighted by Crippen LogP contribution is -2.22. The minimum absolute atomic E-state index is 0.117. The Morgan fingerprint density at radius 2 is 1.50 bits per heavy atom. The molecule has 8 nitrogen and oxygen atoms in total. The molecule has 1 rings (SSSR count). The number of rotatable bonds is 4. The average Bonchev–Trinajstić information content (AvgIpc) is 2.24. The predicted molar refractivity (Wildman–Crippen MR) is 61.0 cm³/mol. The van der Waals surface area contributed by atoms with Crippen molar-refractivity contribution in [3.8, 4) is 0 Å². The standard InChI is InChI=1S/C8H12N2O6S2/c9-17(13,14)7-2-1-5(3-11)8(6(7)4-12)18(10,15)16/h1-2,11-12H,3-4H2,(H2,9,13,14)(H2,10,15,16). The Morgan fingerprint density at radius 3 is 1.83 bits per heavy atom. The molecule has 0 saturated carbocycles. The van der Waals surface area contributed by atoms with Gasteiger partial charge < -0.3 is 10.2 Å². The number of aliphatic hydroxyl groups is 2. The summed E-state index contributed by atoms with van der Waals surface area (Å²) in [5.74, 6) is 0. The van der Waals surface area contributed by atoms with E-state index in [0.29, 0.717) is 0 Å². The van der Waals surface area contributed by atoms with E-state index in [1.165, 1.54) is 0 Å². The maximum absolute atomic E-state index is 11.4. The van der Waals surface area contributed by atoms with Crippen LogP contribution in [0.4, 0.5) is 0 Å². The van der Waals surface area contributed by atoms with E-state index in [9.17, 15) is 16.8 Å². The van der Waals surface area contributed by atoms with Crippen molar-refractivity contribution in [1.82, 2.24) is 0 Å². The number of primary sulfonamides is 2. The smallest absolute Gasteiger partial charge is 0.238 e. The predicted octanol–water partition coefficient (Wildman–Crippen LogP) is -2.03. The van der Waals surface area contributed by atoms with Crippen LogP contribution in [0.3, 0.4) is 0 Å². The Labute approximate surface area is 104 Å². The van der Waals surface area contributed by atoms with Crippen LogP contribution in [0.15, 0.2) is 21.9 Å². The molecule has 0 bridgehead atoms. The minimum atomic E-state index is -4.31. The summed E-state index contributed by atoms with van der Waals surface area (Å²) in [7, 11) is -8.53. The van der Waals surface area contributed by atoms with Crippen LogP contribution in [-0.2, 0) is 33.3 Å². The number of nitrogens with two attached hydrogens (primary N) is 2. The SMILES string of the molecule is NS(=O)(=O)c1ccc(CO)c(S(N)(=O)=O)c1CO. The van der Waals surface area contributed by atoms with Gasteiger partial charge in [0, 0.05) is 5.56 Å². The van der Waals surface area contributed by atoms with E-state index in [4.69, 9.17) is 20.5 Å². The number of benzene rings is 1. The molecule has 0 aliphatic carbocycles. The summed E-state index contributed by atoms with van der Waals surface area (Å²) in [5.41, 5.74) is -0.569. The molecule has 6 N–H and O–H groups in total. The van der Waals surface area contributed by atoms with E-state index in [0.717, 1.165) is 12.1 Å². The van der Waals surface area contributed by atoms with Crippen molar-refractivity contribution >= 4 is 20.0 Å². The molecule has 0 aliphatic heterocycles. The zero-order valence-electron chi connectivity index (χ0n) is 9.07. The molecule has 10 heteroatoms. The monoisotopic (exact) mass is 296 g/mol. The van der Waals surface area contributed by atoms with E-state index >= 15 is 0 Å². The molecule has 18 heavy (non-hydrogen) atoms. The van der Waals surface area contributed by atoms with Crippen LogP contribution in [0, 0.1) is 0 Å². The van der Waals surface area contributed by atoms with Crippen molar-refractivity contribution in [2.75, 3.05) is 0 Å². The summed E-state index contributed by atoms with van der Waals surface area (Å²) in [4.78, 5) is -1.18. The van der Waals surface area contributed by atoms with E-state index in [1.807, 2.05) is 0 Å². The lowest BCUT2D eigenvalue weighted by molar-refractivity contribution is 0.266. The Morgan fingerprint density at radius 1 is 0.944 bits per heavy atom. The molecule has 0 radical (unpaired) electrons. The van der Waals surface area contributed by atoms with Crippen LogP contribution in [0.25, 0.3) is 0 Å². The highest BCUT2D eigenvalue weighted by atomic mass is 32.2.